The normalized spacial score (nSPS) is 30.4. The van der Waals surface area contributed by atoms with Gasteiger partial charge in [-0.3, -0.25) is 9.59 Å². The molecule has 5 heteroatoms. The summed E-state index contributed by atoms with van der Waals surface area (Å²) in [6.45, 7) is 1.03. The minimum Gasteiger partial charge on any atom is -0.391 e. The van der Waals surface area contributed by atoms with Gasteiger partial charge in [-0.1, -0.05) is 0 Å². The molecule has 0 aromatic heterocycles. The minimum atomic E-state index is -2.23. The van der Waals surface area contributed by atoms with Crippen LogP contribution in [-0.4, -0.2) is 28.4 Å². The SMILES string of the molecule is CC(=O)[C@@]1(O)CC(=O)OC1=O. The lowest BCUT2D eigenvalue weighted by atomic mass is 9.98. The van der Waals surface area contributed by atoms with Crippen molar-refractivity contribution in [2.45, 2.75) is 18.9 Å². The first-order chi connectivity index (χ1) is 4.97. The largest absolute Gasteiger partial charge is 0.391 e. The number of hydrogen-bond donors (Lipinski definition) is 1. The highest BCUT2D eigenvalue weighted by Crippen LogP contribution is 2.21. The van der Waals surface area contributed by atoms with Crippen molar-refractivity contribution in [3.63, 3.8) is 0 Å². The molecule has 0 spiro atoms. The second-order valence-electron chi connectivity index (χ2n) is 2.35. The summed E-state index contributed by atoms with van der Waals surface area (Å²) in [7, 11) is 0. The number of aliphatic hydroxyl groups is 1. The monoisotopic (exact) mass is 158 g/mol. The molecule has 0 amide bonds. The van der Waals surface area contributed by atoms with E-state index in [1.165, 1.54) is 0 Å². The molecule has 1 heterocycles. The van der Waals surface area contributed by atoms with E-state index in [1.807, 2.05) is 0 Å². The van der Waals surface area contributed by atoms with Crippen LogP contribution in [0, 0.1) is 0 Å². The standard InChI is InChI=1S/C6H6O5/c1-3(7)6(10)2-4(8)11-5(6)9/h10H,2H2,1H3/t6-/m0/s1. The number of carbonyl (C=O) groups excluding carboxylic acids is 3. The second kappa shape index (κ2) is 2.13. The fourth-order valence-electron chi connectivity index (χ4n) is 0.773. The Morgan fingerprint density at radius 3 is 2.36 bits per heavy atom. The molecule has 0 radical (unpaired) electrons. The van der Waals surface area contributed by atoms with Crippen LogP contribution in [0.5, 0.6) is 0 Å². The summed E-state index contributed by atoms with van der Waals surface area (Å²) in [5.74, 6) is -2.81. The van der Waals surface area contributed by atoms with Crippen molar-refractivity contribution in [2.75, 3.05) is 0 Å². The molecule has 1 fully saturated rings. The number of Topliss-reactive ketones (excluding diaryl/α,β-unsaturated/α-hetero) is 1. The zero-order chi connectivity index (χ0) is 8.65. The fraction of sp³-hybridized carbons (Fsp3) is 0.500. The molecule has 5 nitrogen and oxygen atoms in total. The number of ether oxygens (including phenoxy) is 1. The van der Waals surface area contributed by atoms with Gasteiger partial charge in [0.1, 0.15) is 0 Å². The molecule has 1 aliphatic rings. The van der Waals surface area contributed by atoms with Crippen molar-refractivity contribution in [2.24, 2.45) is 0 Å². The van der Waals surface area contributed by atoms with E-state index < -0.39 is 29.7 Å². The minimum absolute atomic E-state index is 0.568. The molecule has 1 saturated heterocycles. The Morgan fingerprint density at radius 2 is 2.18 bits per heavy atom. The summed E-state index contributed by atoms with van der Waals surface area (Å²) in [5, 5.41) is 9.16. The van der Waals surface area contributed by atoms with Crippen LogP contribution in [-0.2, 0) is 19.1 Å². The van der Waals surface area contributed by atoms with Gasteiger partial charge >= 0.3 is 11.9 Å². The molecule has 0 aromatic carbocycles. The van der Waals surface area contributed by atoms with E-state index in [0.717, 1.165) is 6.92 Å². The molecular formula is C6H6O5. The van der Waals surface area contributed by atoms with Crippen molar-refractivity contribution in [1.29, 1.82) is 0 Å². The molecule has 0 unspecified atom stereocenters. The lowest BCUT2D eigenvalue weighted by Crippen LogP contribution is -2.41. The van der Waals surface area contributed by atoms with Crippen LogP contribution in [0.1, 0.15) is 13.3 Å². The maximum Gasteiger partial charge on any atom is 0.354 e. The zero-order valence-corrected chi connectivity index (χ0v) is 5.79. The molecule has 0 saturated carbocycles. The Hall–Kier alpha value is -1.23. The molecule has 0 aromatic rings. The van der Waals surface area contributed by atoms with E-state index in [9.17, 15) is 14.4 Å². The van der Waals surface area contributed by atoms with Gasteiger partial charge in [0.15, 0.2) is 5.78 Å². The number of ketones is 1. The van der Waals surface area contributed by atoms with Crippen LogP contribution in [0.25, 0.3) is 0 Å². The number of rotatable bonds is 1. The predicted octanol–water partition coefficient (Wildman–Crippen LogP) is -1.22. The summed E-state index contributed by atoms with van der Waals surface area (Å²) >= 11 is 0. The van der Waals surface area contributed by atoms with E-state index in [4.69, 9.17) is 5.11 Å². The summed E-state index contributed by atoms with van der Waals surface area (Å²) in [6.07, 6.45) is -0.568. The lowest BCUT2D eigenvalue weighted by Gasteiger charge is -2.10. The van der Waals surface area contributed by atoms with Gasteiger partial charge in [-0.05, 0) is 6.92 Å². The molecule has 1 aliphatic heterocycles. The topological polar surface area (TPSA) is 80.7 Å². The Bertz CT molecular complexity index is 243. The van der Waals surface area contributed by atoms with E-state index in [1.54, 1.807) is 0 Å². The molecule has 0 bridgehead atoms. The first-order valence-corrected chi connectivity index (χ1v) is 2.95. The number of esters is 2. The van der Waals surface area contributed by atoms with Gasteiger partial charge < -0.3 is 9.84 Å². The van der Waals surface area contributed by atoms with E-state index >= 15 is 0 Å². The van der Waals surface area contributed by atoms with Gasteiger partial charge in [-0.15, -0.1) is 0 Å². The van der Waals surface area contributed by atoms with Crippen LogP contribution in [0.15, 0.2) is 0 Å². The fourth-order valence-corrected chi connectivity index (χ4v) is 0.773. The maximum atomic E-state index is 10.6. The quantitative estimate of drug-likeness (QED) is 0.382. The van der Waals surface area contributed by atoms with Crippen molar-refractivity contribution < 1.29 is 24.2 Å². The van der Waals surface area contributed by atoms with Gasteiger partial charge in [0, 0.05) is 0 Å². The first-order valence-electron chi connectivity index (χ1n) is 2.95. The number of cyclic esters (lactones) is 2. The molecular weight excluding hydrogens is 152 g/mol. The summed E-state index contributed by atoms with van der Waals surface area (Å²) in [4.78, 5) is 31.7. The van der Waals surface area contributed by atoms with Gasteiger partial charge in [0.05, 0.1) is 6.42 Å². The smallest absolute Gasteiger partial charge is 0.354 e. The zero-order valence-electron chi connectivity index (χ0n) is 5.79. The molecule has 11 heavy (non-hydrogen) atoms. The number of carbonyl (C=O) groups is 3. The van der Waals surface area contributed by atoms with Crippen LogP contribution in [0.4, 0.5) is 0 Å². The summed E-state index contributed by atoms with van der Waals surface area (Å²) in [5.41, 5.74) is -2.23. The summed E-state index contributed by atoms with van der Waals surface area (Å²) < 4.78 is 3.99. The second-order valence-corrected chi connectivity index (χ2v) is 2.35. The van der Waals surface area contributed by atoms with E-state index in [-0.39, 0.29) is 0 Å². The van der Waals surface area contributed by atoms with E-state index in [0.29, 0.717) is 0 Å². The number of hydrogen-bond acceptors (Lipinski definition) is 5. The van der Waals surface area contributed by atoms with Crippen LogP contribution >= 0.6 is 0 Å². The predicted molar refractivity (Wildman–Crippen MR) is 31.3 cm³/mol. The summed E-state index contributed by atoms with van der Waals surface area (Å²) in [6, 6.07) is 0. The first kappa shape index (κ1) is 7.87. The van der Waals surface area contributed by atoms with Gasteiger partial charge in [0.25, 0.3) is 0 Å². The van der Waals surface area contributed by atoms with Crippen LogP contribution < -0.4 is 0 Å². The third kappa shape index (κ3) is 1.03. The Labute approximate surface area is 62.0 Å². The van der Waals surface area contributed by atoms with Gasteiger partial charge in [-0.25, -0.2) is 4.79 Å². The van der Waals surface area contributed by atoms with Crippen LogP contribution in [0.3, 0.4) is 0 Å². The molecule has 60 valence electrons. The highest BCUT2D eigenvalue weighted by molar-refractivity contribution is 6.14. The molecule has 0 aliphatic carbocycles. The van der Waals surface area contributed by atoms with Crippen molar-refractivity contribution in [1.82, 2.24) is 0 Å². The van der Waals surface area contributed by atoms with Gasteiger partial charge in [0.2, 0.25) is 5.60 Å². The molecule has 1 atom stereocenters. The highest BCUT2D eigenvalue weighted by atomic mass is 16.6. The average molecular weight is 158 g/mol. The van der Waals surface area contributed by atoms with Crippen LogP contribution in [0.2, 0.25) is 0 Å². The molecule has 1 N–H and O–H groups in total. The average Bonchev–Trinajstić information content (AvgIpc) is 2.08. The Morgan fingerprint density at radius 1 is 1.64 bits per heavy atom. The van der Waals surface area contributed by atoms with E-state index in [2.05, 4.69) is 4.74 Å². The Kier molecular flexibility index (Phi) is 1.52. The third-order valence-corrected chi connectivity index (χ3v) is 1.53. The lowest BCUT2D eigenvalue weighted by molar-refractivity contribution is -0.161. The molecule has 1 rings (SSSR count). The maximum absolute atomic E-state index is 10.6. The third-order valence-electron chi connectivity index (χ3n) is 1.53. The van der Waals surface area contributed by atoms with Crippen molar-refractivity contribution >= 4 is 17.7 Å². The Balaban J connectivity index is 2.96. The highest BCUT2D eigenvalue weighted by Gasteiger charge is 2.51. The van der Waals surface area contributed by atoms with Crippen molar-refractivity contribution in [3.05, 3.63) is 0 Å². The van der Waals surface area contributed by atoms with Crippen molar-refractivity contribution in [3.8, 4) is 0 Å². The van der Waals surface area contributed by atoms with Gasteiger partial charge in [-0.2, -0.15) is 0 Å².